The summed E-state index contributed by atoms with van der Waals surface area (Å²) in [5.74, 6) is 0.752. The van der Waals surface area contributed by atoms with Gasteiger partial charge in [-0.2, -0.15) is 0 Å². The maximum absolute atomic E-state index is 4.23. The van der Waals surface area contributed by atoms with E-state index < -0.39 is 0 Å². The van der Waals surface area contributed by atoms with Crippen molar-refractivity contribution in [2.45, 2.75) is 70.3 Å². The van der Waals surface area contributed by atoms with E-state index in [-0.39, 0.29) is 12.4 Å². The van der Waals surface area contributed by atoms with Gasteiger partial charge >= 0.3 is 0 Å². The van der Waals surface area contributed by atoms with Crippen LogP contribution in [-0.4, -0.2) is 9.55 Å². The van der Waals surface area contributed by atoms with Gasteiger partial charge in [-0.15, -0.1) is 12.4 Å². The molecule has 1 aromatic heterocycles. The van der Waals surface area contributed by atoms with Crippen molar-refractivity contribution in [3.05, 3.63) is 53.6 Å². The van der Waals surface area contributed by atoms with Crippen molar-refractivity contribution in [2.24, 2.45) is 5.92 Å². The number of benzene rings is 1. The average Bonchev–Trinajstić information content (AvgIpc) is 3.06. The summed E-state index contributed by atoms with van der Waals surface area (Å²) in [5.41, 5.74) is 5.53. The third-order valence-electron chi connectivity index (χ3n) is 6.09. The van der Waals surface area contributed by atoms with Crippen LogP contribution in [0.3, 0.4) is 0 Å². The molecule has 0 spiro atoms. The predicted molar refractivity (Wildman–Crippen MR) is 102 cm³/mol. The molecule has 2 aromatic rings. The third kappa shape index (κ3) is 3.13. The molecule has 1 heterocycles. The van der Waals surface area contributed by atoms with E-state index in [0.717, 1.165) is 12.5 Å². The first-order chi connectivity index (χ1) is 11.3. The Balaban J connectivity index is 0.00000169. The Morgan fingerprint density at radius 3 is 2.96 bits per heavy atom. The van der Waals surface area contributed by atoms with Crippen LogP contribution >= 0.6 is 12.4 Å². The van der Waals surface area contributed by atoms with Crippen molar-refractivity contribution >= 4 is 12.4 Å². The fraction of sp³-hybridized carbons (Fsp3) is 0.571. The lowest BCUT2D eigenvalue weighted by atomic mass is 9.58. The van der Waals surface area contributed by atoms with Crippen LogP contribution in [0.1, 0.15) is 62.1 Å². The van der Waals surface area contributed by atoms with E-state index >= 15 is 0 Å². The summed E-state index contributed by atoms with van der Waals surface area (Å²) in [5, 5.41) is 0. The van der Waals surface area contributed by atoms with E-state index in [1.165, 1.54) is 51.4 Å². The van der Waals surface area contributed by atoms with E-state index in [4.69, 9.17) is 0 Å². The Morgan fingerprint density at radius 1 is 1.29 bits per heavy atom. The minimum absolute atomic E-state index is 0. The van der Waals surface area contributed by atoms with E-state index in [9.17, 15) is 0 Å². The maximum atomic E-state index is 4.23. The predicted octanol–water partition coefficient (Wildman–Crippen LogP) is 5.33. The van der Waals surface area contributed by atoms with E-state index in [0.29, 0.717) is 5.41 Å². The molecular formula is C21H29ClN2. The number of unbranched alkanes of at least 4 members (excludes halogenated alkanes) is 1. The van der Waals surface area contributed by atoms with Crippen molar-refractivity contribution in [3.8, 4) is 0 Å². The Bertz CT molecular complexity index is 664. The number of aromatic nitrogens is 2. The molecule has 0 N–H and O–H groups in total. The van der Waals surface area contributed by atoms with E-state index in [1.807, 2.05) is 12.5 Å². The van der Waals surface area contributed by atoms with Crippen LogP contribution in [0, 0.1) is 5.92 Å². The smallest absolute Gasteiger partial charge is 0.0945 e. The van der Waals surface area contributed by atoms with Gasteiger partial charge in [-0.3, -0.25) is 0 Å². The summed E-state index contributed by atoms with van der Waals surface area (Å²) in [6.07, 6.45) is 16.7. The molecule has 4 rings (SSSR count). The normalized spacial score (nSPS) is 25.0. The highest BCUT2D eigenvalue weighted by Crippen LogP contribution is 2.51. The van der Waals surface area contributed by atoms with Crippen LogP contribution < -0.4 is 0 Å². The van der Waals surface area contributed by atoms with Crippen LogP contribution in [0.4, 0.5) is 0 Å². The van der Waals surface area contributed by atoms with Gasteiger partial charge < -0.3 is 4.57 Å². The number of imidazole rings is 1. The summed E-state index contributed by atoms with van der Waals surface area (Å²) >= 11 is 0. The molecule has 3 heteroatoms. The summed E-state index contributed by atoms with van der Waals surface area (Å²) < 4.78 is 2.27. The molecular weight excluding hydrogens is 316 g/mol. The second kappa shape index (κ2) is 7.31. The zero-order chi connectivity index (χ0) is 15.7. The molecule has 0 radical (unpaired) electrons. The zero-order valence-electron chi connectivity index (χ0n) is 14.7. The van der Waals surface area contributed by atoms with Gasteiger partial charge in [0, 0.05) is 18.9 Å². The van der Waals surface area contributed by atoms with Crippen LogP contribution in [0.15, 0.2) is 36.9 Å². The zero-order valence-corrected chi connectivity index (χ0v) is 15.5. The summed E-state index contributed by atoms with van der Waals surface area (Å²) in [6.45, 7) is 3.45. The SMILES string of the molecule is CCCC[C@]12CCCc3cccc(c31)C[C@@H](Cn1ccnc1)C2.Cl. The molecule has 0 amide bonds. The molecule has 0 aliphatic heterocycles. The number of hydrogen-bond donors (Lipinski definition) is 0. The van der Waals surface area contributed by atoms with Gasteiger partial charge in [-0.25, -0.2) is 4.98 Å². The monoisotopic (exact) mass is 344 g/mol. The molecule has 0 unspecified atom stereocenters. The Hall–Kier alpha value is -1.28. The molecule has 0 bridgehead atoms. The van der Waals surface area contributed by atoms with E-state index in [1.54, 1.807) is 16.7 Å². The Labute approximate surface area is 152 Å². The first kappa shape index (κ1) is 17.5. The Morgan fingerprint density at radius 2 is 2.17 bits per heavy atom. The highest BCUT2D eigenvalue weighted by Gasteiger charge is 2.42. The third-order valence-corrected chi connectivity index (χ3v) is 6.09. The minimum atomic E-state index is 0. The summed E-state index contributed by atoms with van der Waals surface area (Å²) in [6, 6.07) is 7.10. The van der Waals surface area contributed by atoms with Crippen LogP contribution in [-0.2, 0) is 24.8 Å². The van der Waals surface area contributed by atoms with Gasteiger partial charge in [0.05, 0.1) is 6.33 Å². The molecule has 2 atom stereocenters. The van der Waals surface area contributed by atoms with Gasteiger partial charge in [0.15, 0.2) is 0 Å². The molecule has 1 aromatic carbocycles. The first-order valence-electron chi connectivity index (χ1n) is 9.38. The highest BCUT2D eigenvalue weighted by atomic mass is 35.5. The Kier molecular flexibility index (Phi) is 5.34. The summed E-state index contributed by atoms with van der Waals surface area (Å²) in [4.78, 5) is 4.23. The fourth-order valence-corrected chi connectivity index (χ4v) is 5.28. The first-order valence-corrected chi connectivity index (χ1v) is 9.38. The van der Waals surface area contributed by atoms with Gasteiger partial charge in [0.2, 0.25) is 0 Å². The molecule has 2 aliphatic carbocycles. The van der Waals surface area contributed by atoms with Crippen LogP contribution in [0.25, 0.3) is 0 Å². The molecule has 0 saturated heterocycles. The average molecular weight is 345 g/mol. The molecule has 0 fully saturated rings. The lowest BCUT2D eigenvalue weighted by molar-refractivity contribution is 0.215. The number of aryl methyl sites for hydroxylation is 1. The molecule has 24 heavy (non-hydrogen) atoms. The number of halogens is 1. The largest absolute Gasteiger partial charge is 0.337 e. The van der Waals surface area contributed by atoms with E-state index in [2.05, 4.69) is 40.9 Å². The highest BCUT2D eigenvalue weighted by molar-refractivity contribution is 5.85. The lowest BCUT2D eigenvalue weighted by Crippen LogP contribution is -2.39. The number of nitrogens with zero attached hydrogens (tertiary/aromatic N) is 2. The molecule has 0 saturated carbocycles. The lowest BCUT2D eigenvalue weighted by Gasteiger charge is -2.47. The topological polar surface area (TPSA) is 17.8 Å². The second-order valence-electron chi connectivity index (χ2n) is 7.72. The van der Waals surface area contributed by atoms with Gasteiger partial charge in [0.1, 0.15) is 0 Å². The van der Waals surface area contributed by atoms with Crippen LogP contribution in [0.5, 0.6) is 0 Å². The van der Waals surface area contributed by atoms with Crippen molar-refractivity contribution in [1.29, 1.82) is 0 Å². The van der Waals surface area contributed by atoms with Crippen LogP contribution in [0.2, 0.25) is 0 Å². The number of rotatable bonds is 5. The quantitative estimate of drug-likeness (QED) is 0.716. The van der Waals surface area contributed by atoms with Gasteiger partial charge in [-0.05, 0) is 66.5 Å². The van der Waals surface area contributed by atoms with Crippen molar-refractivity contribution < 1.29 is 0 Å². The van der Waals surface area contributed by atoms with Crippen molar-refractivity contribution in [3.63, 3.8) is 0 Å². The standard InChI is InChI=1S/C21H28N2.ClH/c1-2-3-9-21-10-5-8-18-6-4-7-19(20(18)21)13-17(14-21)15-23-12-11-22-16-23;/h4,6-7,11-12,16-17H,2-3,5,8-10,13-15H2,1H3;1H/t17-,21-;/m1./s1. The summed E-state index contributed by atoms with van der Waals surface area (Å²) in [7, 11) is 0. The second-order valence-corrected chi connectivity index (χ2v) is 7.72. The maximum Gasteiger partial charge on any atom is 0.0945 e. The van der Waals surface area contributed by atoms with Gasteiger partial charge in [0.25, 0.3) is 0 Å². The molecule has 2 aliphatic rings. The fourth-order valence-electron chi connectivity index (χ4n) is 5.28. The number of hydrogen-bond acceptors (Lipinski definition) is 1. The van der Waals surface area contributed by atoms with Gasteiger partial charge in [-0.1, -0.05) is 38.0 Å². The molecule has 130 valence electrons. The minimum Gasteiger partial charge on any atom is -0.337 e. The molecule has 2 nitrogen and oxygen atoms in total. The van der Waals surface area contributed by atoms with Crippen molar-refractivity contribution in [1.82, 2.24) is 9.55 Å². The van der Waals surface area contributed by atoms with Crippen molar-refractivity contribution in [2.75, 3.05) is 0 Å².